The number of para-hydroxylation sites is 6. The fraction of sp³-hybridized carbons (Fsp3) is 0.0380. The van der Waals surface area contributed by atoms with E-state index in [2.05, 4.69) is 325 Å². The Bertz CT molecular complexity index is 4850. The fourth-order valence-corrected chi connectivity index (χ4v) is 17.8. The third-order valence-electron chi connectivity index (χ3n) is 18.8. The van der Waals surface area contributed by atoms with Gasteiger partial charge in [-0.2, -0.15) is 0 Å². The molecule has 0 fully saturated rings. The van der Waals surface area contributed by atoms with Gasteiger partial charge in [-0.15, -0.1) is 0 Å². The number of rotatable bonds is 8. The lowest BCUT2D eigenvalue weighted by Crippen LogP contribution is -2.64. The molecule has 4 heterocycles. The molecule has 0 bridgehead atoms. The molecule has 408 valence electrons. The highest BCUT2D eigenvalue weighted by Gasteiger charge is 2.50. The molecule has 4 nitrogen and oxygen atoms in total. The Balaban J connectivity index is 0.892. The van der Waals surface area contributed by atoms with Crippen LogP contribution in [0.25, 0.3) is 21.9 Å². The molecular formula is C79H54B2N4S2. The molecule has 13 aromatic rings. The first-order valence-corrected chi connectivity index (χ1v) is 31.8. The summed E-state index contributed by atoms with van der Waals surface area (Å²) < 4.78 is 0. The maximum absolute atomic E-state index is 2.66. The van der Waals surface area contributed by atoms with Crippen LogP contribution >= 0.6 is 23.5 Å². The van der Waals surface area contributed by atoms with E-state index < -0.39 is 0 Å². The van der Waals surface area contributed by atoms with Crippen molar-refractivity contribution in [3.63, 3.8) is 0 Å². The van der Waals surface area contributed by atoms with Crippen molar-refractivity contribution in [2.45, 2.75) is 38.8 Å². The number of hydrogen-bond donors (Lipinski definition) is 0. The molecule has 0 saturated carbocycles. The van der Waals surface area contributed by atoms with Crippen molar-refractivity contribution in [2.24, 2.45) is 0 Å². The Morgan fingerprint density at radius 3 is 1.39 bits per heavy atom. The van der Waals surface area contributed by atoms with Crippen LogP contribution in [0.5, 0.6) is 0 Å². The second-order valence-electron chi connectivity index (χ2n) is 23.9. The minimum atomic E-state index is -0.327. The van der Waals surface area contributed by atoms with Crippen molar-refractivity contribution in [1.82, 2.24) is 0 Å². The van der Waals surface area contributed by atoms with Crippen molar-refractivity contribution < 1.29 is 0 Å². The first kappa shape index (κ1) is 50.5. The number of fused-ring (bicyclic) bond motifs is 14. The van der Waals surface area contributed by atoms with Crippen molar-refractivity contribution >= 4 is 149 Å². The van der Waals surface area contributed by atoms with Gasteiger partial charge in [0.05, 0.1) is 5.69 Å². The van der Waals surface area contributed by atoms with Gasteiger partial charge in [0.15, 0.2) is 0 Å². The summed E-state index contributed by atoms with van der Waals surface area (Å²) in [5.41, 5.74) is 27.1. The van der Waals surface area contributed by atoms with Gasteiger partial charge in [0.1, 0.15) is 0 Å². The van der Waals surface area contributed by atoms with Gasteiger partial charge in [-0.25, -0.2) is 0 Å². The van der Waals surface area contributed by atoms with E-state index in [0.717, 1.165) is 45.5 Å². The largest absolute Gasteiger partial charge is 0.311 e. The minimum Gasteiger partial charge on any atom is -0.311 e. The van der Waals surface area contributed by atoms with E-state index in [0.29, 0.717) is 0 Å². The lowest BCUT2D eigenvalue weighted by Gasteiger charge is -2.45. The third-order valence-corrected chi connectivity index (χ3v) is 21.2. The molecule has 0 N–H and O–H groups in total. The predicted molar refractivity (Wildman–Crippen MR) is 371 cm³/mol. The molecule has 0 amide bonds. The van der Waals surface area contributed by atoms with Crippen molar-refractivity contribution in [3.8, 4) is 11.1 Å². The van der Waals surface area contributed by atoms with Gasteiger partial charge in [0.2, 0.25) is 13.4 Å². The highest BCUT2D eigenvalue weighted by Crippen LogP contribution is 2.58. The minimum absolute atomic E-state index is 0.0323. The first-order valence-electron chi connectivity index (χ1n) is 30.1. The smallest absolute Gasteiger partial charge is 0.249 e. The molecule has 13 aromatic carbocycles. The van der Waals surface area contributed by atoms with Gasteiger partial charge >= 0.3 is 0 Å². The summed E-state index contributed by atoms with van der Waals surface area (Å²) in [5, 5.41) is 2.42. The van der Waals surface area contributed by atoms with Crippen LogP contribution in [0.2, 0.25) is 0 Å². The lowest BCUT2D eigenvalue weighted by molar-refractivity contribution is 0.648. The van der Waals surface area contributed by atoms with E-state index in [1.807, 2.05) is 23.5 Å². The van der Waals surface area contributed by atoms with Crippen LogP contribution < -0.4 is 52.4 Å². The van der Waals surface area contributed by atoms with Gasteiger partial charge in [-0.05, 0) is 177 Å². The molecule has 0 aromatic heterocycles. The molecule has 0 unspecified atom stereocenters. The van der Waals surface area contributed by atoms with E-state index in [1.54, 1.807) is 0 Å². The Morgan fingerprint density at radius 2 is 0.816 bits per heavy atom. The number of anilines is 12. The monoisotopic (exact) mass is 1140 g/mol. The zero-order valence-electron chi connectivity index (χ0n) is 48.0. The maximum Gasteiger partial charge on any atom is 0.249 e. The Kier molecular flexibility index (Phi) is 11.4. The molecule has 0 radical (unpaired) electrons. The van der Waals surface area contributed by atoms with Crippen molar-refractivity contribution in [2.75, 3.05) is 19.6 Å². The van der Waals surface area contributed by atoms with Crippen LogP contribution in [0, 0.1) is 0 Å². The molecule has 8 heteroatoms. The summed E-state index contributed by atoms with van der Waals surface area (Å²) in [5.74, 6) is 0. The standard InChI is InChI=1S/C79H54B2N4S2/c1-79(2)63-47-59(83(54-29-13-5-14-30-54)55-31-15-6-16-32-55)42-44-61(63)62-48-70-75-78(74(62)79)87-72-40-24-22-38-65(72)80(75)66-49-67-69(50-68(66)84(70)56-33-17-7-18-34-56)85(57-35-19-8-20-36-57)77-60-43-41-58(82(52-25-9-3-10-26-52)53-27-11-4-12-28-53)45-51(60)46-73-76(77)81(67)64-37-21-23-39-71(64)86-73/h3-50H,1-2H3. The summed E-state index contributed by atoms with van der Waals surface area (Å²) in [4.78, 5) is 15.3. The van der Waals surface area contributed by atoms with E-state index >= 15 is 0 Å². The normalized spacial score (nSPS) is 14.0. The van der Waals surface area contributed by atoms with Crippen LogP contribution in [0.4, 0.5) is 68.2 Å². The van der Waals surface area contributed by atoms with E-state index in [4.69, 9.17) is 0 Å². The highest BCUT2D eigenvalue weighted by molar-refractivity contribution is 8.00. The summed E-state index contributed by atoms with van der Waals surface area (Å²) in [6.45, 7) is 4.87. The zero-order valence-corrected chi connectivity index (χ0v) is 49.6. The van der Waals surface area contributed by atoms with Gasteiger partial charge in [-0.1, -0.05) is 212 Å². The Labute approximate surface area is 517 Å². The molecule has 0 atom stereocenters. The van der Waals surface area contributed by atoms with Gasteiger partial charge in [0, 0.05) is 92.9 Å². The highest BCUT2D eigenvalue weighted by atomic mass is 32.2. The topological polar surface area (TPSA) is 13.0 Å². The molecule has 0 spiro atoms. The van der Waals surface area contributed by atoms with Crippen molar-refractivity contribution in [1.29, 1.82) is 0 Å². The van der Waals surface area contributed by atoms with Crippen LogP contribution in [0.3, 0.4) is 0 Å². The average Bonchev–Trinajstić information content (AvgIpc) is 1.65. The molecular weight excluding hydrogens is 1090 g/mol. The first-order chi connectivity index (χ1) is 42.9. The van der Waals surface area contributed by atoms with Crippen molar-refractivity contribution in [3.05, 3.63) is 302 Å². The summed E-state index contributed by atoms with van der Waals surface area (Å²) in [6.07, 6.45) is 0. The summed E-state index contributed by atoms with van der Waals surface area (Å²) >= 11 is 3.90. The van der Waals surface area contributed by atoms with Crippen LogP contribution in [-0.4, -0.2) is 13.4 Å². The van der Waals surface area contributed by atoms with Crippen LogP contribution in [0.15, 0.2) is 311 Å². The second-order valence-corrected chi connectivity index (χ2v) is 26.1. The van der Waals surface area contributed by atoms with E-state index in [9.17, 15) is 0 Å². The SMILES string of the molecule is CC1(C)c2cc(N(c3ccccc3)c3ccccc3)ccc2-c2cc3c4c(c21)Sc1ccccc1B4c1cc2c(cc1N3c1ccccc1)N(c1ccccc1)c1c3c(cc4cc(N(c5ccccc5)c5ccccc5)ccc14)Sc1ccccc1B23. The van der Waals surface area contributed by atoms with E-state index in [-0.39, 0.29) is 18.8 Å². The second kappa shape index (κ2) is 19.6. The number of benzene rings is 13. The van der Waals surface area contributed by atoms with Gasteiger partial charge in [-0.3, -0.25) is 0 Å². The molecule has 4 aliphatic heterocycles. The summed E-state index contributed by atoms with van der Waals surface area (Å²) in [6, 6.07) is 109. The summed E-state index contributed by atoms with van der Waals surface area (Å²) in [7, 11) is 0. The average molecular weight is 1150 g/mol. The van der Waals surface area contributed by atoms with E-state index in [1.165, 1.54) is 108 Å². The Morgan fingerprint density at radius 1 is 0.345 bits per heavy atom. The van der Waals surface area contributed by atoms with Crippen LogP contribution in [0.1, 0.15) is 25.0 Å². The maximum atomic E-state index is 2.66. The van der Waals surface area contributed by atoms with Gasteiger partial charge < -0.3 is 19.6 Å². The molecule has 18 rings (SSSR count). The Hall–Kier alpha value is -9.85. The number of nitrogens with zero attached hydrogens (tertiary/aromatic N) is 4. The third kappa shape index (κ3) is 7.64. The van der Waals surface area contributed by atoms with Gasteiger partial charge in [0.25, 0.3) is 0 Å². The molecule has 1 aliphatic carbocycles. The lowest BCUT2D eigenvalue weighted by atomic mass is 9.31. The molecule has 0 saturated heterocycles. The zero-order chi connectivity index (χ0) is 57.5. The predicted octanol–water partition coefficient (Wildman–Crippen LogP) is 17.6. The molecule has 5 aliphatic rings. The molecule has 87 heavy (non-hydrogen) atoms. The van der Waals surface area contributed by atoms with Crippen LogP contribution in [-0.2, 0) is 5.41 Å². The number of hydrogen-bond acceptors (Lipinski definition) is 6. The quantitative estimate of drug-likeness (QED) is 0.140. The fourth-order valence-electron chi connectivity index (χ4n) is 15.2.